The number of hydrogen-bond acceptors (Lipinski definition) is 3. The number of likely N-dealkylation sites (tertiary alicyclic amines) is 1. The van der Waals surface area contributed by atoms with Crippen LogP contribution >= 0.6 is 0 Å². The standard InChI is InChI=1S/C14H19NO3/c1-9-6-7-15(10(2)8-9)14(18)13-11(16)4-3-5-12(13)17/h3-5,9-10,16-17H,6-8H2,1-2H3. The highest BCUT2D eigenvalue weighted by atomic mass is 16.3. The van der Waals surface area contributed by atoms with Crippen LogP contribution in [0, 0.1) is 5.92 Å². The Bertz CT molecular complexity index is 438. The van der Waals surface area contributed by atoms with Crippen molar-refractivity contribution in [1.82, 2.24) is 4.90 Å². The molecule has 1 heterocycles. The second kappa shape index (κ2) is 4.88. The summed E-state index contributed by atoms with van der Waals surface area (Å²) in [7, 11) is 0. The average Bonchev–Trinajstić information content (AvgIpc) is 2.28. The number of carbonyl (C=O) groups excluding carboxylic acids is 1. The van der Waals surface area contributed by atoms with Gasteiger partial charge in [0.25, 0.3) is 5.91 Å². The number of phenols is 2. The quantitative estimate of drug-likeness (QED) is 0.803. The average molecular weight is 249 g/mol. The van der Waals surface area contributed by atoms with Gasteiger partial charge in [-0.1, -0.05) is 13.0 Å². The lowest BCUT2D eigenvalue weighted by Gasteiger charge is -2.36. The molecule has 18 heavy (non-hydrogen) atoms. The van der Waals surface area contributed by atoms with Crippen LogP contribution in [0.1, 0.15) is 37.0 Å². The fourth-order valence-corrected chi connectivity index (χ4v) is 2.60. The van der Waals surface area contributed by atoms with Gasteiger partial charge in [-0.2, -0.15) is 0 Å². The second-order valence-corrected chi connectivity index (χ2v) is 5.15. The lowest BCUT2D eigenvalue weighted by molar-refractivity contribution is 0.0582. The zero-order valence-corrected chi connectivity index (χ0v) is 10.8. The molecule has 2 N–H and O–H groups in total. The number of piperidine rings is 1. The van der Waals surface area contributed by atoms with Crippen LogP contribution in [0.4, 0.5) is 0 Å². The van der Waals surface area contributed by atoms with Crippen LogP contribution in [0.5, 0.6) is 11.5 Å². The van der Waals surface area contributed by atoms with Crippen molar-refractivity contribution < 1.29 is 15.0 Å². The molecule has 0 aromatic heterocycles. The molecule has 2 unspecified atom stereocenters. The van der Waals surface area contributed by atoms with Crippen LogP contribution in [0.2, 0.25) is 0 Å². The third-order valence-electron chi connectivity index (χ3n) is 3.63. The zero-order valence-electron chi connectivity index (χ0n) is 10.8. The van der Waals surface area contributed by atoms with Gasteiger partial charge in [0.2, 0.25) is 0 Å². The van der Waals surface area contributed by atoms with Gasteiger partial charge in [0.1, 0.15) is 17.1 Å². The molecule has 0 saturated carbocycles. The third kappa shape index (κ3) is 2.28. The smallest absolute Gasteiger partial charge is 0.261 e. The molecule has 1 saturated heterocycles. The largest absolute Gasteiger partial charge is 0.507 e. The fourth-order valence-electron chi connectivity index (χ4n) is 2.60. The van der Waals surface area contributed by atoms with Gasteiger partial charge >= 0.3 is 0 Å². The minimum Gasteiger partial charge on any atom is -0.507 e. The fraction of sp³-hybridized carbons (Fsp3) is 0.500. The van der Waals surface area contributed by atoms with E-state index in [1.807, 2.05) is 6.92 Å². The number of phenolic OH excluding ortho intramolecular Hbond substituents is 2. The van der Waals surface area contributed by atoms with E-state index in [2.05, 4.69) is 6.92 Å². The van der Waals surface area contributed by atoms with Crippen LogP contribution in [-0.4, -0.2) is 33.6 Å². The Morgan fingerprint density at radius 3 is 2.44 bits per heavy atom. The number of benzene rings is 1. The maximum absolute atomic E-state index is 12.4. The summed E-state index contributed by atoms with van der Waals surface area (Å²) >= 11 is 0. The van der Waals surface area contributed by atoms with Gasteiger partial charge < -0.3 is 15.1 Å². The summed E-state index contributed by atoms with van der Waals surface area (Å²) < 4.78 is 0. The highest BCUT2D eigenvalue weighted by molar-refractivity contribution is 5.99. The van der Waals surface area contributed by atoms with Crippen LogP contribution < -0.4 is 0 Å². The van der Waals surface area contributed by atoms with E-state index in [-0.39, 0.29) is 29.0 Å². The predicted molar refractivity (Wildman–Crippen MR) is 68.7 cm³/mol. The number of nitrogens with zero attached hydrogens (tertiary/aromatic N) is 1. The SMILES string of the molecule is CC1CCN(C(=O)c2c(O)cccc2O)C(C)C1. The Kier molecular flexibility index (Phi) is 3.45. The van der Waals surface area contributed by atoms with Gasteiger partial charge in [-0.3, -0.25) is 4.79 Å². The molecule has 0 radical (unpaired) electrons. The van der Waals surface area contributed by atoms with Crippen molar-refractivity contribution >= 4 is 5.91 Å². The first-order valence-corrected chi connectivity index (χ1v) is 6.32. The molecule has 1 aliphatic heterocycles. The first-order valence-electron chi connectivity index (χ1n) is 6.32. The molecule has 1 aliphatic rings. The zero-order chi connectivity index (χ0) is 13.3. The molecule has 0 aliphatic carbocycles. The molecule has 2 atom stereocenters. The Labute approximate surface area is 107 Å². The summed E-state index contributed by atoms with van der Waals surface area (Å²) in [6.45, 7) is 4.86. The number of aromatic hydroxyl groups is 2. The summed E-state index contributed by atoms with van der Waals surface area (Å²) in [4.78, 5) is 14.1. The maximum Gasteiger partial charge on any atom is 0.261 e. The number of hydrogen-bond donors (Lipinski definition) is 2. The van der Waals surface area contributed by atoms with Gasteiger partial charge in [0.05, 0.1) is 0 Å². The molecule has 1 fully saturated rings. The Morgan fingerprint density at radius 1 is 1.28 bits per heavy atom. The Balaban J connectivity index is 2.26. The van der Waals surface area contributed by atoms with E-state index < -0.39 is 0 Å². The van der Waals surface area contributed by atoms with Gasteiger partial charge in [0, 0.05) is 12.6 Å². The molecule has 1 aromatic rings. The molecule has 0 bridgehead atoms. The topological polar surface area (TPSA) is 60.8 Å². The number of carbonyl (C=O) groups is 1. The van der Waals surface area contributed by atoms with E-state index >= 15 is 0 Å². The third-order valence-corrected chi connectivity index (χ3v) is 3.63. The Morgan fingerprint density at radius 2 is 1.89 bits per heavy atom. The van der Waals surface area contributed by atoms with E-state index in [1.165, 1.54) is 18.2 Å². The monoisotopic (exact) mass is 249 g/mol. The molecular formula is C14H19NO3. The minimum absolute atomic E-state index is 0.0129. The summed E-state index contributed by atoms with van der Waals surface area (Å²) in [6.07, 6.45) is 1.92. The maximum atomic E-state index is 12.4. The van der Waals surface area contributed by atoms with Crippen molar-refractivity contribution in [1.29, 1.82) is 0 Å². The highest BCUT2D eigenvalue weighted by Gasteiger charge is 2.30. The van der Waals surface area contributed by atoms with Crippen molar-refractivity contribution in [3.63, 3.8) is 0 Å². The number of rotatable bonds is 1. The van der Waals surface area contributed by atoms with E-state index in [9.17, 15) is 15.0 Å². The molecule has 4 heteroatoms. The van der Waals surface area contributed by atoms with E-state index in [4.69, 9.17) is 0 Å². The minimum atomic E-state index is -0.287. The highest BCUT2D eigenvalue weighted by Crippen LogP contribution is 2.31. The molecular weight excluding hydrogens is 230 g/mol. The van der Waals surface area contributed by atoms with Crippen LogP contribution in [0.3, 0.4) is 0 Å². The molecule has 1 aromatic carbocycles. The second-order valence-electron chi connectivity index (χ2n) is 5.15. The van der Waals surface area contributed by atoms with Crippen molar-refractivity contribution in [3.8, 4) is 11.5 Å². The molecule has 0 spiro atoms. The summed E-state index contributed by atoms with van der Waals surface area (Å²) in [5, 5.41) is 19.4. The predicted octanol–water partition coefficient (Wildman–Crippen LogP) is 2.36. The Hall–Kier alpha value is -1.71. The van der Waals surface area contributed by atoms with Crippen molar-refractivity contribution in [2.24, 2.45) is 5.92 Å². The molecule has 98 valence electrons. The normalized spacial score (nSPS) is 24.0. The first-order chi connectivity index (χ1) is 8.50. The van der Waals surface area contributed by atoms with Crippen LogP contribution in [0.25, 0.3) is 0 Å². The van der Waals surface area contributed by atoms with Crippen molar-refractivity contribution in [3.05, 3.63) is 23.8 Å². The first kappa shape index (κ1) is 12.7. The van der Waals surface area contributed by atoms with E-state index in [0.29, 0.717) is 12.5 Å². The number of amides is 1. The lowest BCUT2D eigenvalue weighted by atomic mass is 9.92. The van der Waals surface area contributed by atoms with Gasteiger partial charge in [-0.15, -0.1) is 0 Å². The molecule has 4 nitrogen and oxygen atoms in total. The molecule has 2 rings (SSSR count). The summed E-state index contributed by atoms with van der Waals surface area (Å²) in [5.41, 5.74) is 0.0129. The molecule has 1 amide bonds. The van der Waals surface area contributed by atoms with Gasteiger partial charge in [0.15, 0.2) is 0 Å². The van der Waals surface area contributed by atoms with Gasteiger partial charge in [-0.25, -0.2) is 0 Å². The van der Waals surface area contributed by atoms with Crippen LogP contribution in [0.15, 0.2) is 18.2 Å². The van der Waals surface area contributed by atoms with Crippen molar-refractivity contribution in [2.45, 2.75) is 32.7 Å². The lowest BCUT2D eigenvalue weighted by Crippen LogP contribution is -2.44. The van der Waals surface area contributed by atoms with E-state index in [0.717, 1.165) is 12.8 Å². The van der Waals surface area contributed by atoms with E-state index in [1.54, 1.807) is 4.90 Å². The van der Waals surface area contributed by atoms with Gasteiger partial charge in [-0.05, 0) is 37.8 Å². The summed E-state index contributed by atoms with van der Waals surface area (Å²) in [5.74, 6) is 0.00339. The van der Waals surface area contributed by atoms with Crippen molar-refractivity contribution in [2.75, 3.05) is 6.54 Å². The summed E-state index contributed by atoms with van der Waals surface area (Å²) in [6, 6.07) is 4.50. The van der Waals surface area contributed by atoms with Crippen LogP contribution in [-0.2, 0) is 0 Å².